The Morgan fingerprint density at radius 1 is 1.39 bits per heavy atom. The third-order valence-corrected chi connectivity index (χ3v) is 3.95. The van der Waals surface area contributed by atoms with Crippen LogP contribution in [0.3, 0.4) is 0 Å². The molecule has 1 aliphatic rings. The van der Waals surface area contributed by atoms with Crippen LogP contribution in [0.4, 0.5) is 5.69 Å². The number of aryl methyl sites for hydroxylation is 1. The van der Waals surface area contributed by atoms with Gasteiger partial charge in [0.15, 0.2) is 0 Å². The Labute approximate surface area is 137 Å². The third-order valence-electron chi connectivity index (χ3n) is 3.95. The fraction of sp³-hybridized carbons (Fsp3) is 0.556. The van der Waals surface area contributed by atoms with Crippen molar-refractivity contribution < 1.29 is 4.79 Å². The molecule has 1 aliphatic carbocycles. The zero-order valence-electron chi connectivity index (χ0n) is 13.7. The van der Waals surface area contributed by atoms with E-state index in [2.05, 4.69) is 22.5 Å². The first-order chi connectivity index (χ1) is 11.2. The van der Waals surface area contributed by atoms with Crippen molar-refractivity contribution in [3.05, 3.63) is 29.8 Å². The van der Waals surface area contributed by atoms with Crippen LogP contribution in [-0.4, -0.2) is 18.5 Å². The number of unbranched alkanes of at least 4 members (excludes halogenated alkanes) is 2. The second kappa shape index (κ2) is 9.04. The molecule has 0 spiro atoms. The number of carbonyl (C=O) groups excluding carboxylic acids is 1. The first-order valence-electron chi connectivity index (χ1n) is 8.40. The molecular formula is C18H24N4O. The summed E-state index contributed by atoms with van der Waals surface area (Å²) in [5.41, 5.74) is 1.86. The van der Waals surface area contributed by atoms with Gasteiger partial charge in [0, 0.05) is 6.54 Å². The predicted molar refractivity (Wildman–Crippen MR) is 89.3 cm³/mol. The Hall–Kier alpha value is -2.22. The number of rotatable bonds is 9. The molecule has 0 aliphatic heterocycles. The van der Waals surface area contributed by atoms with Crippen molar-refractivity contribution in [1.82, 2.24) is 5.32 Å². The largest absolute Gasteiger partial charge is 0.353 e. The minimum absolute atomic E-state index is 0.355. The third kappa shape index (κ3) is 5.82. The van der Waals surface area contributed by atoms with Gasteiger partial charge in [0.1, 0.15) is 6.07 Å². The smallest absolute Gasteiger partial charge is 0.261 e. The molecule has 0 saturated heterocycles. The second-order valence-corrected chi connectivity index (χ2v) is 6.02. The van der Waals surface area contributed by atoms with Gasteiger partial charge in [-0.1, -0.05) is 38.0 Å². The number of amides is 1. The fourth-order valence-corrected chi connectivity index (χ4v) is 2.31. The molecule has 2 rings (SSSR count). The van der Waals surface area contributed by atoms with Crippen LogP contribution < -0.4 is 5.32 Å². The molecule has 5 nitrogen and oxygen atoms in total. The van der Waals surface area contributed by atoms with Crippen molar-refractivity contribution in [2.45, 2.75) is 51.5 Å². The van der Waals surface area contributed by atoms with Gasteiger partial charge < -0.3 is 5.32 Å². The van der Waals surface area contributed by atoms with Gasteiger partial charge in [0.25, 0.3) is 5.91 Å². The lowest BCUT2D eigenvalue weighted by molar-refractivity contribution is -0.121. The lowest BCUT2D eigenvalue weighted by Gasteiger charge is -2.06. The van der Waals surface area contributed by atoms with Crippen molar-refractivity contribution in [1.29, 1.82) is 5.26 Å². The highest BCUT2D eigenvalue weighted by Gasteiger charge is 2.24. The summed E-state index contributed by atoms with van der Waals surface area (Å²) in [4.78, 5) is 11.9. The lowest BCUT2D eigenvalue weighted by Crippen LogP contribution is -2.33. The van der Waals surface area contributed by atoms with E-state index in [1.807, 2.05) is 30.3 Å². The molecule has 1 N–H and O–H groups in total. The van der Waals surface area contributed by atoms with Gasteiger partial charge in [0.05, 0.1) is 5.69 Å². The monoisotopic (exact) mass is 312 g/mol. The minimum Gasteiger partial charge on any atom is -0.353 e. The quantitative estimate of drug-likeness (QED) is 0.554. The number of azo groups is 1. The zero-order chi connectivity index (χ0) is 16.5. The van der Waals surface area contributed by atoms with Crippen LogP contribution in [-0.2, 0) is 11.2 Å². The molecular weight excluding hydrogens is 288 g/mol. The van der Waals surface area contributed by atoms with E-state index in [1.165, 1.54) is 12.8 Å². The molecule has 1 amide bonds. The normalized spacial score (nSPS) is 15.3. The summed E-state index contributed by atoms with van der Waals surface area (Å²) in [5.74, 6) is 0.223. The van der Waals surface area contributed by atoms with Gasteiger partial charge in [-0.3, -0.25) is 4.79 Å². The van der Waals surface area contributed by atoms with Crippen molar-refractivity contribution in [2.24, 2.45) is 16.1 Å². The first-order valence-corrected chi connectivity index (χ1v) is 8.40. The van der Waals surface area contributed by atoms with Crippen LogP contribution in [0.2, 0.25) is 0 Å². The molecule has 1 unspecified atom stereocenters. The van der Waals surface area contributed by atoms with Crippen LogP contribution in [0, 0.1) is 17.2 Å². The fourth-order valence-electron chi connectivity index (χ4n) is 2.31. The van der Waals surface area contributed by atoms with Crippen molar-refractivity contribution in [2.75, 3.05) is 6.54 Å². The van der Waals surface area contributed by atoms with Crippen LogP contribution in [0.15, 0.2) is 34.5 Å². The lowest BCUT2D eigenvalue weighted by atomic mass is 10.1. The SMILES string of the molecule is CCCCCc1ccccc1N=NC(C#N)C(=O)NCC1CC1. The minimum atomic E-state index is -1.07. The van der Waals surface area contributed by atoms with Gasteiger partial charge in [-0.05, 0) is 43.2 Å². The van der Waals surface area contributed by atoms with E-state index in [4.69, 9.17) is 5.26 Å². The summed E-state index contributed by atoms with van der Waals surface area (Å²) in [5, 5.41) is 20.0. The highest BCUT2D eigenvalue weighted by molar-refractivity contribution is 5.84. The van der Waals surface area contributed by atoms with Gasteiger partial charge in [0.2, 0.25) is 6.04 Å². The summed E-state index contributed by atoms with van der Waals surface area (Å²) in [7, 11) is 0. The first kappa shape index (κ1) is 17.1. The van der Waals surface area contributed by atoms with Gasteiger partial charge in [-0.25, -0.2) is 0 Å². The van der Waals surface area contributed by atoms with E-state index in [0.29, 0.717) is 12.5 Å². The number of carbonyl (C=O) groups is 1. The van der Waals surface area contributed by atoms with E-state index >= 15 is 0 Å². The summed E-state index contributed by atoms with van der Waals surface area (Å²) in [6.45, 7) is 2.81. The maximum Gasteiger partial charge on any atom is 0.261 e. The highest BCUT2D eigenvalue weighted by Crippen LogP contribution is 2.27. The molecule has 0 aromatic heterocycles. The standard InChI is InChI=1S/C18H24N4O/c1-2-3-4-7-15-8-5-6-9-16(15)21-22-17(12-19)18(23)20-13-14-10-11-14/h5-6,8-9,14,17H,2-4,7,10-11,13H2,1H3,(H,20,23). The van der Waals surface area contributed by atoms with Crippen molar-refractivity contribution in [3.63, 3.8) is 0 Å². The Kier molecular flexibility index (Phi) is 6.74. The number of benzene rings is 1. The zero-order valence-corrected chi connectivity index (χ0v) is 13.7. The second-order valence-electron chi connectivity index (χ2n) is 6.02. The molecule has 1 aromatic rings. The molecule has 1 fully saturated rings. The maximum absolute atomic E-state index is 11.9. The van der Waals surface area contributed by atoms with E-state index in [9.17, 15) is 4.79 Å². The summed E-state index contributed by atoms with van der Waals surface area (Å²) >= 11 is 0. The number of nitrogens with zero attached hydrogens (tertiary/aromatic N) is 3. The van der Waals surface area contributed by atoms with Gasteiger partial charge in [-0.2, -0.15) is 15.5 Å². The Bertz CT molecular complexity index is 587. The average Bonchev–Trinajstić information content (AvgIpc) is 3.39. The van der Waals surface area contributed by atoms with Crippen molar-refractivity contribution in [3.8, 4) is 6.07 Å². The number of hydrogen-bond acceptors (Lipinski definition) is 4. The maximum atomic E-state index is 11.9. The van der Waals surface area contributed by atoms with E-state index in [0.717, 1.165) is 36.9 Å². The molecule has 1 atom stereocenters. The van der Waals surface area contributed by atoms with Crippen LogP contribution >= 0.6 is 0 Å². The molecule has 122 valence electrons. The predicted octanol–water partition coefficient (Wildman–Crippen LogP) is 3.92. The Morgan fingerprint density at radius 2 is 2.17 bits per heavy atom. The average molecular weight is 312 g/mol. The number of hydrogen-bond donors (Lipinski definition) is 1. The summed E-state index contributed by atoms with van der Waals surface area (Å²) in [6, 6.07) is 8.62. The molecule has 0 bridgehead atoms. The number of nitrogens with one attached hydrogen (secondary N) is 1. The molecule has 1 aromatic carbocycles. The van der Waals surface area contributed by atoms with Gasteiger partial charge >= 0.3 is 0 Å². The van der Waals surface area contributed by atoms with E-state index in [-0.39, 0.29) is 5.91 Å². The van der Waals surface area contributed by atoms with Gasteiger partial charge in [-0.15, -0.1) is 0 Å². The Balaban J connectivity index is 1.96. The van der Waals surface area contributed by atoms with Crippen LogP contribution in [0.5, 0.6) is 0 Å². The Morgan fingerprint density at radius 3 is 2.87 bits per heavy atom. The highest BCUT2D eigenvalue weighted by atomic mass is 16.2. The van der Waals surface area contributed by atoms with E-state index < -0.39 is 6.04 Å². The van der Waals surface area contributed by atoms with Crippen LogP contribution in [0.1, 0.15) is 44.6 Å². The molecule has 0 radical (unpaired) electrons. The van der Waals surface area contributed by atoms with Crippen LogP contribution in [0.25, 0.3) is 0 Å². The summed E-state index contributed by atoms with van der Waals surface area (Å²) in [6.07, 6.45) is 6.70. The molecule has 1 saturated carbocycles. The number of nitriles is 1. The van der Waals surface area contributed by atoms with Crippen molar-refractivity contribution >= 4 is 11.6 Å². The molecule has 5 heteroatoms. The molecule has 0 heterocycles. The summed E-state index contributed by atoms with van der Waals surface area (Å²) < 4.78 is 0. The molecule has 23 heavy (non-hydrogen) atoms. The van der Waals surface area contributed by atoms with E-state index in [1.54, 1.807) is 0 Å². The topological polar surface area (TPSA) is 77.6 Å².